The van der Waals surface area contributed by atoms with E-state index in [-0.39, 0.29) is 5.69 Å². The fraction of sp³-hybridized carbons (Fsp3) is 0.100. The van der Waals surface area contributed by atoms with Gasteiger partial charge in [-0.3, -0.25) is 15.1 Å². The number of aromatic nitrogens is 1. The van der Waals surface area contributed by atoms with Crippen LogP contribution in [0.15, 0.2) is 30.5 Å². The molecule has 1 aromatic heterocycles. The zero-order valence-electron chi connectivity index (χ0n) is 7.93. The average Bonchev–Trinajstić information content (AvgIpc) is 2.27. The topological polar surface area (TPSA) is 56.0 Å². The van der Waals surface area contributed by atoms with Crippen LogP contribution in [0.2, 0.25) is 0 Å². The van der Waals surface area contributed by atoms with Gasteiger partial charge in [-0.2, -0.15) is 0 Å². The summed E-state index contributed by atoms with van der Waals surface area (Å²) >= 11 is 11.5. The van der Waals surface area contributed by atoms with Crippen molar-refractivity contribution in [2.24, 2.45) is 0 Å². The van der Waals surface area contributed by atoms with Crippen LogP contribution in [0.3, 0.4) is 0 Å². The van der Waals surface area contributed by atoms with Crippen molar-refractivity contribution in [3.8, 4) is 0 Å². The minimum Gasteiger partial charge on any atom is -0.258 e. The third-order valence-electron chi connectivity index (χ3n) is 2.21. The predicted octanol–water partition coefficient (Wildman–Crippen LogP) is 3.62. The molecule has 0 aliphatic carbocycles. The van der Waals surface area contributed by atoms with Gasteiger partial charge in [0.25, 0.3) is 5.69 Å². The average molecular weight is 257 g/mol. The van der Waals surface area contributed by atoms with Crippen LogP contribution in [0.1, 0.15) is 10.5 Å². The summed E-state index contributed by atoms with van der Waals surface area (Å²) in [5.41, 5.74) is 0.387. The monoisotopic (exact) mass is 256 g/mol. The molecule has 0 amide bonds. The minimum absolute atomic E-state index is 0.0478. The van der Waals surface area contributed by atoms with Gasteiger partial charge in [0, 0.05) is 5.39 Å². The van der Waals surface area contributed by atoms with Gasteiger partial charge in [0.15, 0.2) is 0 Å². The first-order valence-corrected chi connectivity index (χ1v) is 5.28. The van der Waals surface area contributed by atoms with Gasteiger partial charge in [0.1, 0.15) is 11.0 Å². The summed E-state index contributed by atoms with van der Waals surface area (Å²) in [4.78, 5) is 13.4. The number of benzene rings is 1. The van der Waals surface area contributed by atoms with Crippen molar-refractivity contribution in [3.05, 3.63) is 46.3 Å². The normalized spacial score (nSPS) is 10.9. The molecule has 1 heterocycles. The third-order valence-corrected chi connectivity index (χ3v) is 2.62. The van der Waals surface area contributed by atoms with Crippen molar-refractivity contribution < 1.29 is 4.92 Å². The summed E-state index contributed by atoms with van der Waals surface area (Å²) < 4.78 is 0. The van der Waals surface area contributed by atoms with Crippen molar-refractivity contribution in [2.75, 3.05) is 0 Å². The first-order chi connectivity index (χ1) is 7.61. The molecule has 1 aromatic carbocycles. The summed E-state index contributed by atoms with van der Waals surface area (Å²) in [6.07, 6.45) is 1.18. The van der Waals surface area contributed by atoms with Gasteiger partial charge in [-0.25, -0.2) is 0 Å². The number of nitro groups is 1. The Morgan fingerprint density at radius 2 is 1.88 bits per heavy atom. The van der Waals surface area contributed by atoms with Crippen molar-refractivity contribution >= 4 is 39.7 Å². The van der Waals surface area contributed by atoms with E-state index in [9.17, 15) is 10.1 Å². The largest absolute Gasteiger partial charge is 0.295 e. The number of alkyl halides is 2. The molecule has 4 nitrogen and oxygen atoms in total. The first kappa shape index (κ1) is 11.1. The van der Waals surface area contributed by atoms with E-state index in [1.54, 1.807) is 24.3 Å². The van der Waals surface area contributed by atoms with E-state index in [0.717, 1.165) is 0 Å². The van der Waals surface area contributed by atoms with Crippen LogP contribution in [-0.2, 0) is 0 Å². The van der Waals surface area contributed by atoms with Crippen molar-refractivity contribution in [3.63, 3.8) is 0 Å². The van der Waals surface area contributed by atoms with Crippen LogP contribution in [0, 0.1) is 10.1 Å². The Balaban J connectivity index is 2.82. The molecule has 0 aliphatic heterocycles. The standard InChI is InChI=1S/C10H6Cl2N2O2/c11-10(12)9-7-4-2-1-3-6(7)8(5-13-9)14(15)16/h1-5,10H. The van der Waals surface area contributed by atoms with Gasteiger partial charge in [-0.05, 0) is 6.07 Å². The summed E-state index contributed by atoms with van der Waals surface area (Å²) in [6.45, 7) is 0. The van der Waals surface area contributed by atoms with E-state index in [1.807, 2.05) is 0 Å². The lowest BCUT2D eigenvalue weighted by atomic mass is 10.1. The number of hydrogen-bond acceptors (Lipinski definition) is 3. The van der Waals surface area contributed by atoms with Crippen LogP contribution in [0.25, 0.3) is 10.8 Å². The molecule has 0 aliphatic rings. The number of hydrogen-bond donors (Lipinski definition) is 0. The zero-order chi connectivity index (χ0) is 11.7. The van der Waals surface area contributed by atoms with Gasteiger partial charge in [0.2, 0.25) is 0 Å². The van der Waals surface area contributed by atoms with E-state index >= 15 is 0 Å². The van der Waals surface area contributed by atoms with Crippen molar-refractivity contribution in [1.82, 2.24) is 4.98 Å². The summed E-state index contributed by atoms with van der Waals surface area (Å²) in [6, 6.07) is 6.83. The second-order valence-electron chi connectivity index (χ2n) is 3.13. The number of rotatable bonds is 2. The molecule has 0 N–H and O–H groups in total. The molecule has 6 heteroatoms. The molecule has 0 fully saturated rings. The SMILES string of the molecule is O=[N+]([O-])c1cnc(C(Cl)Cl)c2ccccc12. The van der Waals surface area contributed by atoms with E-state index in [4.69, 9.17) is 23.2 Å². The molecule has 0 unspecified atom stereocenters. The fourth-order valence-electron chi connectivity index (χ4n) is 1.52. The van der Waals surface area contributed by atoms with Crippen molar-refractivity contribution in [2.45, 2.75) is 4.84 Å². The lowest BCUT2D eigenvalue weighted by molar-refractivity contribution is -0.383. The molecule has 0 atom stereocenters. The molecule has 82 valence electrons. The smallest absolute Gasteiger partial charge is 0.258 e. The maximum atomic E-state index is 10.8. The van der Waals surface area contributed by atoms with Gasteiger partial charge in [-0.15, -0.1) is 0 Å². The van der Waals surface area contributed by atoms with Crippen LogP contribution in [0.5, 0.6) is 0 Å². The lowest BCUT2D eigenvalue weighted by Gasteiger charge is -2.05. The molecule has 2 rings (SSSR count). The maximum Gasteiger partial charge on any atom is 0.295 e. The third kappa shape index (κ3) is 1.81. The molecule has 0 saturated carbocycles. The second kappa shape index (κ2) is 4.23. The Kier molecular flexibility index (Phi) is 2.94. The first-order valence-electron chi connectivity index (χ1n) is 4.41. The highest BCUT2D eigenvalue weighted by Gasteiger charge is 2.17. The Bertz CT molecular complexity index is 558. The molecule has 0 radical (unpaired) electrons. The zero-order valence-corrected chi connectivity index (χ0v) is 9.44. The molecule has 0 saturated heterocycles. The van der Waals surface area contributed by atoms with Crippen molar-refractivity contribution in [1.29, 1.82) is 0 Å². The van der Waals surface area contributed by atoms with Gasteiger partial charge in [0.05, 0.1) is 16.0 Å². The molecular formula is C10H6Cl2N2O2. The minimum atomic E-state index is -0.800. The number of fused-ring (bicyclic) bond motifs is 1. The Hall–Kier alpha value is -1.39. The van der Waals surface area contributed by atoms with Gasteiger partial charge in [-0.1, -0.05) is 41.4 Å². The van der Waals surface area contributed by atoms with E-state index in [2.05, 4.69) is 4.98 Å². The summed E-state index contributed by atoms with van der Waals surface area (Å²) in [5, 5.41) is 11.9. The highest BCUT2D eigenvalue weighted by Crippen LogP contribution is 2.33. The second-order valence-corrected chi connectivity index (χ2v) is 4.23. The highest BCUT2D eigenvalue weighted by atomic mass is 35.5. The van der Waals surface area contributed by atoms with Crippen LogP contribution in [0.4, 0.5) is 5.69 Å². The van der Waals surface area contributed by atoms with E-state index < -0.39 is 9.76 Å². The molecular weight excluding hydrogens is 251 g/mol. The Labute approximate surface area is 101 Å². The lowest BCUT2D eigenvalue weighted by Crippen LogP contribution is -1.96. The molecule has 2 aromatic rings. The van der Waals surface area contributed by atoms with Crippen LogP contribution < -0.4 is 0 Å². The maximum absolute atomic E-state index is 10.8. The van der Waals surface area contributed by atoms with Gasteiger partial charge >= 0.3 is 0 Å². The van der Waals surface area contributed by atoms with Crippen LogP contribution in [-0.4, -0.2) is 9.91 Å². The highest BCUT2D eigenvalue weighted by molar-refractivity contribution is 6.44. The Morgan fingerprint density at radius 1 is 1.25 bits per heavy atom. The number of halogens is 2. The Morgan fingerprint density at radius 3 is 2.44 bits per heavy atom. The van der Waals surface area contributed by atoms with E-state index in [1.165, 1.54) is 6.20 Å². The predicted molar refractivity (Wildman–Crippen MR) is 62.8 cm³/mol. The number of nitrogens with zero attached hydrogens (tertiary/aromatic N) is 2. The fourth-order valence-corrected chi connectivity index (χ4v) is 1.87. The van der Waals surface area contributed by atoms with Crippen LogP contribution >= 0.6 is 23.2 Å². The molecule has 0 spiro atoms. The molecule has 16 heavy (non-hydrogen) atoms. The molecule has 0 bridgehead atoms. The number of pyridine rings is 1. The van der Waals surface area contributed by atoms with Gasteiger partial charge < -0.3 is 0 Å². The quantitative estimate of drug-likeness (QED) is 0.469. The summed E-state index contributed by atoms with van der Waals surface area (Å²) in [5.74, 6) is 0. The summed E-state index contributed by atoms with van der Waals surface area (Å²) in [7, 11) is 0. The van der Waals surface area contributed by atoms with E-state index in [0.29, 0.717) is 16.5 Å².